The van der Waals surface area contributed by atoms with Crippen LogP contribution in [0.25, 0.3) is 0 Å². The number of nitrogens with zero attached hydrogens (tertiary/aromatic N) is 1. The van der Waals surface area contributed by atoms with Gasteiger partial charge in [-0.05, 0) is 55.5 Å². The van der Waals surface area contributed by atoms with E-state index in [0.29, 0.717) is 30.2 Å². The van der Waals surface area contributed by atoms with Gasteiger partial charge in [-0.15, -0.1) is 0 Å². The van der Waals surface area contributed by atoms with Gasteiger partial charge >= 0.3 is 5.97 Å². The van der Waals surface area contributed by atoms with Crippen molar-refractivity contribution in [3.05, 3.63) is 54.1 Å². The molecule has 0 aliphatic carbocycles. The maximum Gasteiger partial charge on any atom is 0.326 e. The van der Waals surface area contributed by atoms with E-state index < -0.39 is 23.9 Å². The molecule has 1 atom stereocenters. The molecule has 1 fully saturated rings. The van der Waals surface area contributed by atoms with E-state index in [-0.39, 0.29) is 6.54 Å². The topological polar surface area (TPSA) is 106 Å². The molecule has 0 aromatic heterocycles. The Hall–Kier alpha value is -3.59. The van der Waals surface area contributed by atoms with E-state index in [1.165, 1.54) is 14.0 Å². The zero-order valence-electron chi connectivity index (χ0n) is 18.1. The molecule has 0 radical (unpaired) electrons. The lowest BCUT2D eigenvalue weighted by Gasteiger charge is -2.28. The van der Waals surface area contributed by atoms with Crippen molar-refractivity contribution in [3.8, 4) is 5.75 Å². The molecular weight excluding hydrogens is 414 g/mol. The van der Waals surface area contributed by atoms with Crippen molar-refractivity contribution >= 4 is 29.2 Å². The molecule has 9 heteroatoms. The summed E-state index contributed by atoms with van der Waals surface area (Å²) in [6, 6.07) is 13.9. The monoisotopic (exact) mass is 441 g/mol. The van der Waals surface area contributed by atoms with E-state index in [0.717, 1.165) is 18.8 Å². The van der Waals surface area contributed by atoms with Gasteiger partial charge in [0.25, 0.3) is 11.8 Å². The van der Waals surface area contributed by atoms with Gasteiger partial charge < -0.3 is 29.7 Å². The predicted molar refractivity (Wildman–Crippen MR) is 119 cm³/mol. The van der Waals surface area contributed by atoms with E-state index in [4.69, 9.17) is 14.2 Å². The number of carbonyl (C=O) groups is 3. The number of morpholine rings is 1. The van der Waals surface area contributed by atoms with Crippen LogP contribution in [-0.4, -0.2) is 63.8 Å². The molecule has 0 spiro atoms. The van der Waals surface area contributed by atoms with Gasteiger partial charge in [0, 0.05) is 30.0 Å². The summed E-state index contributed by atoms with van der Waals surface area (Å²) in [5, 5.41) is 5.19. The average Bonchev–Trinajstić information content (AvgIpc) is 2.83. The van der Waals surface area contributed by atoms with Gasteiger partial charge in [-0.25, -0.2) is 0 Å². The first-order chi connectivity index (χ1) is 15.5. The molecule has 3 rings (SSSR count). The first-order valence-corrected chi connectivity index (χ1v) is 10.3. The summed E-state index contributed by atoms with van der Waals surface area (Å²) in [5.41, 5.74) is 2.03. The summed E-state index contributed by atoms with van der Waals surface area (Å²) in [5.74, 6) is -0.977. The molecule has 1 unspecified atom stereocenters. The maximum atomic E-state index is 12.3. The zero-order valence-corrected chi connectivity index (χ0v) is 18.1. The Morgan fingerprint density at radius 1 is 1.03 bits per heavy atom. The average molecular weight is 441 g/mol. The van der Waals surface area contributed by atoms with Crippen molar-refractivity contribution < 1.29 is 28.6 Å². The molecule has 0 saturated carbocycles. The second-order valence-corrected chi connectivity index (χ2v) is 7.18. The fraction of sp³-hybridized carbons (Fsp3) is 0.348. The van der Waals surface area contributed by atoms with E-state index in [9.17, 15) is 14.4 Å². The number of rotatable bonds is 8. The second-order valence-electron chi connectivity index (χ2n) is 7.18. The summed E-state index contributed by atoms with van der Waals surface area (Å²) in [4.78, 5) is 38.7. The lowest BCUT2D eigenvalue weighted by molar-refractivity contribution is -0.152. The van der Waals surface area contributed by atoms with Gasteiger partial charge in [-0.2, -0.15) is 0 Å². The molecule has 9 nitrogen and oxygen atoms in total. The number of benzene rings is 2. The third-order valence-corrected chi connectivity index (χ3v) is 4.93. The minimum Gasteiger partial charge on any atom is -0.497 e. The molecule has 1 saturated heterocycles. The highest BCUT2D eigenvalue weighted by Gasteiger charge is 2.19. The number of anilines is 2. The van der Waals surface area contributed by atoms with Gasteiger partial charge in [0.1, 0.15) is 12.3 Å². The summed E-state index contributed by atoms with van der Waals surface area (Å²) < 4.78 is 15.5. The number of carbonyl (C=O) groups excluding carboxylic acids is 3. The minimum atomic E-state index is -1.01. The Morgan fingerprint density at radius 3 is 2.31 bits per heavy atom. The largest absolute Gasteiger partial charge is 0.497 e. The molecule has 0 bridgehead atoms. The third kappa shape index (κ3) is 6.45. The number of amides is 2. The molecule has 32 heavy (non-hydrogen) atoms. The van der Waals surface area contributed by atoms with Crippen LogP contribution in [0.4, 0.5) is 11.4 Å². The van der Waals surface area contributed by atoms with Crippen molar-refractivity contribution in [1.29, 1.82) is 0 Å². The molecule has 170 valence electrons. The quantitative estimate of drug-likeness (QED) is 0.602. The molecule has 2 amide bonds. The van der Waals surface area contributed by atoms with Crippen molar-refractivity contribution in [3.63, 3.8) is 0 Å². The molecule has 1 aliphatic rings. The van der Waals surface area contributed by atoms with E-state index in [1.807, 2.05) is 12.1 Å². The van der Waals surface area contributed by atoms with Crippen LogP contribution in [0.5, 0.6) is 5.75 Å². The van der Waals surface area contributed by atoms with Crippen molar-refractivity contribution in [1.82, 2.24) is 5.32 Å². The molecule has 1 aliphatic heterocycles. The van der Waals surface area contributed by atoms with Gasteiger partial charge in [0.15, 0.2) is 6.10 Å². The van der Waals surface area contributed by atoms with Gasteiger partial charge in [0.05, 0.1) is 20.3 Å². The first-order valence-electron chi connectivity index (χ1n) is 10.3. The van der Waals surface area contributed by atoms with Gasteiger partial charge in [0.2, 0.25) is 0 Å². The molecular formula is C23H27N3O6. The van der Waals surface area contributed by atoms with Crippen LogP contribution in [-0.2, 0) is 19.1 Å². The van der Waals surface area contributed by atoms with E-state index in [1.54, 1.807) is 36.4 Å². The first kappa shape index (κ1) is 23.1. The lowest BCUT2D eigenvalue weighted by atomic mass is 10.2. The highest BCUT2D eigenvalue weighted by molar-refractivity contribution is 5.97. The second kappa shape index (κ2) is 11.1. The summed E-state index contributed by atoms with van der Waals surface area (Å²) in [6.07, 6.45) is -1.01. The highest BCUT2D eigenvalue weighted by Crippen LogP contribution is 2.19. The number of ether oxygens (including phenoxy) is 3. The number of esters is 1. The van der Waals surface area contributed by atoms with Crippen LogP contribution in [0.1, 0.15) is 17.3 Å². The molecule has 2 aromatic rings. The number of nitrogens with one attached hydrogen (secondary N) is 2. The fourth-order valence-electron chi connectivity index (χ4n) is 3.11. The number of hydrogen-bond donors (Lipinski definition) is 2. The predicted octanol–water partition coefficient (Wildman–Crippen LogP) is 1.83. The van der Waals surface area contributed by atoms with Gasteiger partial charge in [-0.1, -0.05) is 0 Å². The molecule has 1 heterocycles. The van der Waals surface area contributed by atoms with Crippen LogP contribution < -0.4 is 20.3 Å². The Labute approximate surface area is 186 Å². The SMILES string of the molecule is COc1ccc(C(=O)NCC(=O)OC(C)C(=O)Nc2ccc(N3CCOCC3)cc2)cc1. The Balaban J connectivity index is 1.43. The van der Waals surface area contributed by atoms with Crippen molar-refractivity contribution in [2.75, 3.05) is 50.2 Å². The Kier molecular flexibility index (Phi) is 8.04. The van der Waals surface area contributed by atoms with E-state index >= 15 is 0 Å². The smallest absolute Gasteiger partial charge is 0.326 e. The summed E-state index contributed by atoms with van der Waals surface area (Å²) >= 11 is 0. The normalized spacial score (nSPS) is 14.2. The van der Waals surface area contributed by atoms with Crippen LogP contribution in [0.15, 0.2) is 48.5 Å². The maximum absolute atomic E-state index is 12.3. The van der Waals surface area contributed by atoms with Crippen molar-refractivity contribution in [2.45, 2.75) is 13.0 Å². The third-order valence-electron chi connectivity index (χ3n) is 4.93. The molecule has 2 N–H and O–H groups in total. The Bertz CT molecular complexity index is 924. The summed E-state index contributed by atoms with van der Waals surface area (Å²) in [6.45, 7) is 4.17. The fourth-order valence-corrected chi connectivity index (χ4v) is 3.11. The van der Waals surface area contributed by atoms with Crippen LogP contribution in [0, 0.1) is 0 Å². The zero-order chi connectivity index (χ0) is 22.9. The van der Waals surface area contributed by atoms with Crippen molar-refractivity contribution in [2.24, 2.45) is 0 Å². The minimum absolute atomic E-state index is 0.350. The Morgan fingerprint density at radius 2 is 1.69 bits per heavy atom. The van der Waals surface area contributed by atoms with Gasteiger partial charge in [-0.3, -0.25) is 14.4 Å². The lowest BCUT2D eigenvalue weighted by Crippen LogP contribution is -2.36. The van der Waals surface area contributed by atoms with Crippen LogP contribution in [0.2, 0.25) is 0 Å². The molecule has 2 aromatic carbocycles. The van der Waals surface area contributed by atoms with Crippen LogP contribution >= 0.6 is 0 Å². The number of methoxy groups -OCH3 is 1. The standard InChI is InChI=1S/C23H27N3O6/c1-16(32-21(27)15-24-23(29)17-3-9-20(30-2)10-4-17)22(28)25-18-5-7-19(8-6-18)26-11-13-31-14-12-26/h3-10,16H,11-15H2,1-2H3,(H,24,29)(H,25,28). The van der Waals surface area contributed by atoms with Crippen LogP contribution in [0.3, 0.4) is 0 Å². The summed E-state index contributed by atoms with van der Waals surface area (Å²) in [7, 11) is 1.53. The highest BCUT2D eigenvalue weighted by atomic mass is 16.5. The number of hydrogen-bond acceptors (Lipinski definition) is 7. The van der Waals surface area contributed by atoms with E-state index in [2.05, 4.69) is 15.5 Å².